The Morgan fingerprint density at radius 1 is 0.927 bits per heavy atom. The molecule has 1 aromatic carbocycles. The molecule has 3 saturated heterocycles. The van der Waals surface area contributed by atoms with Gasteiger partial charge < -0.3 is 87.8 Å². The summed E-state index contributed by atoms with van der Waals surface area (Å²) in [5.41, 5.74) is -4.06. The van der Waals surface area contributed by atoms with Gasteiger partial charge in [-0.1, -0.05) is 38.9 Å². The van der Waals surface area contributed by atoms with Crippen molar-refractivity contribution in [3.8, 4) is 0 Å². The van der Waals surface area contributed by atoms with E-state index in [1.54, 1.807) is 66.0 Å². The van der Waals surface area contributed by atoms with Crippen molar-refractivity contribution in [2.75, 3.05) is 61.4 Å². The Morgan fingerprint density at radius 3 is 2.27 bits per heavy atom. The quantitative estimate of drug-likeness (QED) is 0.0389. The second-order valence-corrected chi connectivity index (χ2v) is 23.6. The zero-order chi connectivity index (χ0) is 61.0. The Balaban J connectivity index is 1.38. The van der Waals surface area contributed by atoms with Gasteiger partial charge in [-0.05, 0) is 119 Å². The summed E-state index contributed by atoms with van der Waals surface area (Å²) in [6.45, 7) is 20.4. The summed E-state index contributed by atoms with van der Waals surface area (Å²) in [6.07, 6.45) is -7.69. The van der Waals surface area contributed by atoms with Gasteiger partial charge >= 0.3 is 17.9 Å². The van der Waals surface area contributed by atoms with E-state index in [4.69, 9.17) is 47.5 Å². The number of carboxylic acid groups (broad SMARTS) is 1. The highest BCUT2D eigenvalue weighted by Gasteiger charge is 2.54. The standard InChI is InChI=1S/C59H96N4O19/c1-16-44-59(11,72)51(67)35(5)47(61-76-32-75-26-25-73-14)33(3)29-57(9,71)52(82-56-49(66)43(62(12)13)27-34(4)77-56)36(6)50(37(7)55(70)79-44)81-46-30-58(10,74-15)53(38(8)78-46)80-45(64)22-24-60-23-18-19-39-20-21-42-40(28-39)48(65)41(54(68)69)31-63(42)17-2/h20-21,28,31,33-38,43-44,46,49-53,56,60,66-67,71-72H,16-19,22-27,29-30,32H2,1-15H3,(H,68,69)/b61-47+/t33-,34+,35-,36+,37+,38-,43-,44-,46+,49-,50+,51-,52-,53+,56-,57+,58-,59-/m0/s1. The molecule has 0 radical (unpaired) electrons. The van der Waals surface area contributed by atoms with Crippen LogP contribution in [0.1, 0.15) is 131 Å². The maximum atomic E-state index is 14.7. The fraction of sp³-hybridized carbons (Fsp3) is 0.780. The molecule has 5 rings (SSSR count). The number of likely N-dealkylation sites (N-methyl/N-ethyl adjacent to an activating group) is 1. The number of aromatic nitrogens is 1. The fourth-order valence-electron chi connectivity index (χ4n) is 12.1. The number of aromatic carboxylic acids is 1. The minimum absolute atomic E-state index is 0.00448. The lowest BCUT2D eigenvalue weighted by Crippen LogP contribution is -2.61. The first-order valence-corrected chi connectivity index (χ1v) is 29.0. The van der Waals surface area contributed by atoms with Gasteiger partial charge in [-0.3, -0.25) is 14.4 Å². The van der Waals surface area contributed by atoms with Crippen molar-refractivity contribution in [3.63, 3.8) is 0 Å². The van der Waals surface area contributed by atoms with Crippen LogP contribution in [0.15, 0.2) is 34.3 Å². The summed E-state index contributed by atoms with van der Waals surface area (Å²) in [5, 5.41) is 66.7. The molecule has 23 heteroatoms. The molecule has 3 fully saturated rings. The number of ether oxygens (including phenoxy) is 9. The van der Waals surface area contributed by atoms with E-state index in [1.165, 1.54) is 27.3 Å². The van der Waals surface area contributed by atoms with Gasteiger partial charge in [-0.2, -0.15) is 0 Å². The molecule has 0 unspecified atom stereocenters. The summed E-state index contributed by atoms with van der Waals surface area (Å²) < 4.78 is 57.3. The van der Waals surface area contributed by atoms with Crippen molar-refractivity contribution in [1.29, 1.82) is 0 Å². The number of carbonyl (C=O) groups excluding carboxylic acids is 2. The maximum Gasteiger partial charge on any atom is 0.341 e. The number of oxime groups is 1. The highest BCUT2D eigenvalue weighted by Crippen LogP contribution is 2.42. The number of carbonyl (C=O) groups is 3. The molecule has 82 heavy (non-hydrogen) atoms. The zero-order valence-electron chi connectivity index (χ0n) is 51.0. The van der Waals surface area contributed by atoms with E-state index in [0.717, 1.165) is 5.56 Å². The summed E-state index contributed by atoms with van der Waals surface area (Å²) in [6, 6.07) is 5.12. The number of aryl methyl sites for hydroxylation is 2. The van der Waals surface area contributed by atoms with Crippen molar-refractivity contribution < 1.29 is 87.4 Å². The van der Waals surface area contributed by atoms with Crippen molar-refractivity contribution >= 4 is 34.5 Å². The van der Waals surface area contributed by atoms with Crippen LogP contribution in [0.4, 0.5) is 0 Å². The number of methoxy groups -OCH3 is 2. The number of aliphatic hydroxyl groups excluding tert-OH is 2. The Morgan fingerprint density at radius 2 is 1.63 bits per heavy atom. The Bertz CT molecular complexity index is 2490. The number of nitrogens with one attached hydrogen (secondary N) is 1. The second-order valence-electron chi connectivity index (χ2n) is 23.6. The number of pyridine rings is 1. The predicted octanol–water partition coefficient (Wildman–Crippen LogP) is 4.41. The molecule has 0 aliphatic carbocycles. The van der Waals surface area contributed by atoms with Gasteiger partial charge in [0, 0.05) is 69.1 Å². The number of cyclic esters (lactones) is 1. The number of fused-ring (bicyclic) bond motifs is 1. The minimum atomic E-state index is -2.03. The van der Waals surface area contributed by atoms with Gasteiger partial charge in [-0.15, -0.1) is 0 Å². The third kappa shape index (κ3) is 16.8. The van der Waals surface area contributed by atoms with Gasteiger partial charge in [-0.25, -0.2) is 4.79 Å². The van der Waals surface area contributed by atoms with Gasteiger partial charge in [0.25, 0.3) is 0 Å². The molecule has 466 valence electrons. The Kier molecular flexibility index (Phi) is 25.3. The van der Waals surface area contributed by atoms with E-state index in [9.17, 15) is 44.7 Å². The summed E-state index contributed by atoms with van der Waals surface area (Å²) in [5.74, 6) is -6.25. The lowest BCUT2D eigenvalue weighted by Gasteiger charge is -2.49. The predicted molar refractivity (Wildman–Crippen MR) is 303 cm³/mol. The second kappa shape index (κ2) is 30.2. The van der Waals surface area contributed by atoms with Gasteiger partial charge in [0.2, 0.25) is 12.2 Å². The lowest BCUT2D eigenvalue weighted by atomic mass is 9.73. The van der Waals surface area contributed by atoms with E-state index in [0.29, 0.717) is 56.4 Å². The average Bonchev–Trinajstić information content (AvgIpc) is 3.62. The first kappa shape index (κ1) is 68.6. The van der Waals surface area contributed by atoms with Gasteiger partial charge in [0.1, 0.15) is 29.0 Å². The third-order valence-electron chi connectivity index (χ3n) is 16.9. The molecule has 4 heterocycles. The van der Waals surface area contributed by atoms with Crippen molar-refractivity contribution in [1.82, 2.24) is 14.8 Å². The number of hydrogen-bond donors (Lipinski definition) is 6. The molecule has 3 aliphatic heterocycles. The molecule has 0 bridgehead atoms. The van der Waals surface area contributed by atoms with E-state index in [1.807, 2.05) is 45.0 Å². The van der Waals surface area contributed by atoms with Crippen molar-refractivity contribution in [2.24, 2.45) is 28.8 Å². The normalized spacial score (nSPS) is 35.8. The Labute approximate surface area is 483 Å². The lowest BCUT2D eigenvalue weighted by molar-refractivity contribution is -0.318. The van der Waals surface area contributed by atoms with Crippen LogP contribution < -0.4 is 10.7 Å². The average molecular weight is 1170 g/mol. The monoisotopic (exact) mass is 1160 g/mol. The molecule has 1 aromatic heterocycles. The molecule has 6 N–H and O–H groups in total. The largest absolute Gasteiger partial charge is 0.477 e. The summed E-state index contributed by atoms with van der Waals surface area (Å²) in [4.78, 5) is 60.5. The molecule has 3 aliphatic rings. The van der Waals surface area contributed by atoms with E-state index in [2.05, 4.69) is 10.5 Å². The number of aliphatic hydroxyl groups is 4. The van der Waals surface area contributed by atoms with Crippen LogP contribution in [0.2, 0.25) is 0 Å². The number of hydrogen-bond acceptors (Lipinski definition) is 21. The highest BCUT2D eigenvalue weighted by molar-refractivity contribution is 5.92. The van der Waals surface area contributed by atoms with Crippen LogP contribution in [-0.4, -0.2) is 204 Å². The molecule has 18 atom stereocenters. The highest BCUT2D eigenvalue weighted by atomic mass is 16.7. The number of esters is 2. The Hall–Kier alpha value is -4.21. The first-order chi connectivity index (χ1) is 38.6. The molecule has 23 nitrogen and oxygen atoms in total. The number of rotatable bonds is 23. The van der Waals surface area contributed by atoms with Crippen LogP contribution in [0.5, 0.6) is 0 Å². The first-order valence-electron chi connectivity index (χ1n) is 29.0. The zero-order valence-corrected chi connectivity index (χ0v) is 51.0. The SMILES string of the molecule is CC[C@@H]1OC(=O)[C@H](C)[C@H](O[C@@H]2C[C@](C)(OC)[C@H](OC(=O)CCNCCCc3ccc4c(c3)c(=O)c(C(=O)O)cn4CC)[C@H](C)O2)[C@@H](C)[C@H](O[C@@H]2O[C@H](C)C[C@H](N(C)C)[C@@H]2O)[C@](C)(O)C[C@H](C)/C(=N\OCOCCOC)[C@H](C)[C@H](O)[C@@]1(C)O. The number of benzene rings is 1. The molecular weight excluding hydrogens is 1070 g/mol. The van der Waals surface area contributed by atoms with E-state index in [-0.39, 0.29) is 62.5 Å². The molecule has 0 saturated carbocycles. The van der Waals surface area contributed by atoms with Crippen LogP contribution in [0.25, 0.3) is 10.9 Å². The third-order valence-corrected chi connectivity index (χ3v) is 16.9. The maximum absolute atomic E-state index is 14.7. The van der Waals surface area contributed by atoms with Crippen LogP contribution in [-0.2, 0) is 70.0 Å². The molecular formula is C59H96N4O19. The molecule has 2 aromatic rings. The number of nitrogens with zero attached hydrogens (tertiary/aromatic N) is 3. The van der Waals surface area contributed by atoms with Crippen LogP contribution in [0, 0.1) is 23.7 Å². The topological polar surface area (TPSA) is 294 Å². The summed E-state index contributed by atoms with van der Waals surface area (Å²) >= 11 is 0. The smallest absolute Gasteiger partial charge is 0.341 e. The number of carboxylic acids is 1. The van der Waals surface area contributed by atoms with Gasteiger partial charge in [0.15, 0.2) is 18.7 Å². The van der Waals surface area contributed by atoms with Crippen LogP contribution in [0.3, 0.4) is 0 Å². The van der Waals surface area contributed by atoms with E-state index >= 15 is 0 Å². The molecule has 0 amide bonds. The van der Waals surface area contributed by atoms with Gasteiger partial charge in [0.05, 0.1) is 72.9 Å². The molecule has 0 spiro atoms. The van der Waals surface area contributed by atoms with Crippen LogP contribution >= 0.6 is 0 Å². The van der Waals surface area contributed by atoms with Crippen molar-refractivity contribution in [2.45, 2.75) is 212 Å². The van der Waals surface area contributed by atoms with E-state index < -0.39 is 119 Å². The fourth-order valence-corrected chi connectivity index (χ4v) is 12.1. The minimum Gasteiger partial charge on any atom is -0.477 e. The summed E-state index contributed by atoms with van der Waals surface area (Å²) in [7, 11) is 6.72. The van der Waals surface area contributed by atoms with Crippen molar-refractivity contribution in [3.05, 3.63) is 45.7 Å².